The number of carbonyl (C=O) groups excluding carboxylic acids is 3. The van der Waals surface area contributed by atoms with Gasteiger partial charge in [-0.3, -0.25) is 14.5 Å². The zero-order valence-corrected chi connectivity index (χ0v) is 18.2. The highest BCUT2D eigenvalue weighted by Gasteiger charge is 2.35. The standard InChI is InChI=1S/C21H15BrN2O5S/c1-28-19(25)12-29-17-7-6-16(22)8-15(17)9-18-20(26)24(21(27)30-18)11-14-5-3-2-4-13(14)10-23/h2-9H,11-12H2,1H3/b18-9+. The smallest absolute Gasteiger partial charge is 0.343 e. The Balaban J connectivity index is 1.86. The zero-order chi connectivity index (χ0) is 21.7. The summed E-state index contributed by atoms with van der Waals surface area (Å²) in [6.45, 7) is -0.276. The normalized spacial score (nSPS) is 14.7. The minimum Gasteiger partial charge on any atom is -0.481 e. The third-order valence-corrected chi connectivity index (χ3v) is 5.57. The predicted molar refractivity (Wildman–Crippen MR) is 114 cm³/mol. The first-order valence-electron chi connectivity index (χ1n) is 8.65. The van der Waals surface area contributed by atoms with Gasteiger partial charge >= 0.3 is 5.97 Å². The van der Waals surface area contributed by atoms with Gasteiger partial charge in [-0.1, -0.05) is 34.1 Å². The highest BCUT2D eigenvalue weighted by molar-refractivity contribution is 9.10. The van der Waals surface area contributed by atoms with Crippen LogP contribution in [0.15, 0.2) is 51.8 Å². The highest BCUT2D eigenvalue weighted by atomic mass is 79.9. The van der Waals surface area contributed by atoms with Gasteiger partial charge in [-0.25, -0.2) is 4.79 Å². The van der Waals surface area contributed by atoms with Crippen LogP contribution in [0.5, 0.6) is 5.75 Å². The second-order valence-corrected chi connectivity index (χ2v) is 7.99. The van der Waals surface area contributed by atoms with Crippen LogP contribution in [-0.4, -0.2) is 35.7 Å². The van der Waals surface area contributed by atoms with Gasteiger partial charge in [-0.05, 0) is 47.7 Å². The van der Waals surface area contributed by atoms with Crippen LogP contribution in [0.3, 0.4) is 0 Å². The van der Waals surface area contributed by atoms with Gasteiger partial charge < -0.3 is 9.47 Å². The van der Waals surface area contributed by atoms with E-state index < -0.39 is 17.1 Å². The van der Waals surface area contributed by atoms with Crippen LogP contribution in [-0.2, 0) is 20.9 Å². The van der Waals surface area contributed by atoms with Crippen LogP contribution >= 0.6 is 27.7 Å². The van der Waals surface area contributed by atoms with Crippen molar-refractivity contribution >= 4 is 50.9 Å². The molecule has 1 aliphatic heterocycles. The molecule has 152 valence electrons. The quantitative estimate of drug-likeness (QED) is 0.447. The highest BCUT2D eigenvalue weighted by Crippen LogP contribution is 2.36. The number of carbonyl (C=O) groups is 3. The molecule has 3 rings (SSSR count). The topological polar surface area (TPSA) is 96.7 Å². The van der Waals surface area contributed by atoms with Gasteiger partial charge in [-0.15, -0.1) is 0 Å². The summed E-state index contributed by atoms with van der Waals surface area (Å²) < 4.78 is 10.8. The molecule has 0 unspecified atom stereocenters. The molecule has 2 aromatic rings. The lowest BCUT2D eigenvalue weighted by Gasteiger charge is -2.13. The summed E-state index contributed by atoms with van der Waals surface area (Å²) in [6, 6.07) is 14.0. The van der Waals surface area contributed by atoms with Gasteiger partial charge in [0.2, 0.25) is 0 Å². The molecule has 1 aliphatic rings. The van der Waals surface area contributed by atoms with Crippen LogP contribution in [0.25, 0.3) is 6.08 Å². The summed E-state index contributed by atoms with van der Waals surface area (Å²) in [7, 11) is 1.26. The molecule has 1 heterocycles. The monoisotopic (exact) mass is 486 g/mol. The number of thioether (sulfide) groups is 1. The van der Waals surface area contributed by atoms with Gasteiger partial charge in [-0.2, -0.15) is 5.26 Å². The third-order valence-electron chi connectivity index (χ3n) is 4.17. The Morgan fingerprint density at radius 2 is 2.03 bits per heavy atom. The minimum absolute atomic E-state index is 0.00984. The molecule has 0 N–H and O–H groups in total. The Kier molecular flexibility index (Phi) is 6.92. The van der Waals surface area contributed by atoms with E-state index in [1.807, 2.05) is 0 Å². The number of imide groups is 1. The van der Waals surface area contributed by atoms with Crippen LogP contribution in [0, 0.1) is 11.3 Å². The molecule has 2 amide bonds. The van der Waals surface area contributed by atoms with E-state index >= 15 is 0 Å². The maximum absolute atomic E-state index is 12.8. The fourth-order valence-corrected chi connectivity index (χ4v) is 3.88. The zero-order valence-electron chi connectivity index (χ0n) is 15.8. The Bertz CT molecular complexity index is 1090. The summed E-state index contributed by atoms with van der Waals surface area (Å²) in [5.74, 6) is -0.637. The van der Waals surface area contributed by atoms with Crippen LogP contribution in [0.1, 0.15) is 16.7 Å². The van der Waals surface area contributed by atoms with Gasteiger partial charge in [0, 0.05) is 10.0 Å². The van der Waals surface area contributed by atoms with Crippen LogP contribution in [0.2, 0.25) is 0 Å². The predicted octanol–water partition coefficient (Wildman–Crippen LogP) is 4.11. The lowest BCUT2D eigenvalue weighted by atomic mass is 10.1. The Hall–Kier alpha value is -3.09. The summed E-state index contributed by atoms with van der Waals surface area (Å²) >= 11 is 4.17. The van der Waals surface area contributed by atoms with Crippen molar-refractivity contribution in [1.29, 1.82) is 5.26 Å². The molecule has 0 aliphatic carbocycles. The van der Waals surface area contributed by atoms with E-state index in [9.17, 15) is 19.6 Å². The number of hydrogen-bond acceptors (Lipinski definition) is 7. The number of nitrogens with zero attached hydrogens (tertiary/aromatic N) is 2. The van der Waals surface area contributed by atoms with Crippen molar-refractivity contribution < 1.29 is 23.9 Å². The first-order valence-corrected chi connectivity index (χ1v) is 10.3. The van der Waals surface area contributed by atoms with Crippen molar-refractivity contribution in [3.63, 3.8) is 0 Å². The molecule has 0 bridgehead atoms. The van der Waals surface area contributed by atoms with Gasteiger partial charge in [0.05, 0.1) is 30.2 Å². The molecule has 9 heteroatoms. The number of esters is 1. The van der Waals surface area contributed by atoms with Gasteiger partial charge in [0.15, 0.2) is 6.61 Å². The number of hydrogen-bond donors (Lipinski definition) is 0. The second kappa shape index (κ2) is 9.61. The van der Waals surface area contributed by atoms with Crippen LogP contribution < -0.4 is 4.74 Å². The first-order chi connectivity index (χ1) is 14.4. The number of halogens is 1. The third kappa shape index (κ3) is 4.90. The van der Waals surface area contributed by atoms with Crippen molar-refractivity contribution in [1.82, 2.24) is 4.90 Å². The van der Waals surface area contributed by atoms with Crippen molar-refractivity contribution in [2.75, 3.05) is 13.7 Å². The number of rotatable bonds is 6. The molecule has 0 radical (unpaired) electrons. The first kappa shape index (κ1) is 21.6. The minimum atomic E-state index is -0.541. The van der Waals surface area contributed by atoms with Crippen LogP contribution in [0.4, 0.5) is 4.79 Å². The molecule has 2 aromatic carbocycles. The molecule has 0 saturated carbocycles. The summed E-state index contributed by atoms with van der Waals surface area (Å²) in [5, 5.41) is 8.80. The maximum Gasteiger partial charge on any atom is 0.343 e. The van der Waals surface area contributed by atoms with E-state index in [0.717, 1.165) is 21.1 Å². The SMILES string of the molecule is COC(=O)COc1ccc(Br)cc1/C=C1/SC(=O)N(Cc2ccccc2C#N)C1=O. The molecule has 30 heavy (non-hydrogen) atoms. The van der Waals surface area contributed by atoms with E-state index in [2.05, 4.69) is 26.7 Å². The van der Waals surface area contributed by atoms with E-state index in [0.29, 0.717) is 22.4 Å². The lowest BCUT2D eigenvalue weighted by molar-refractivity contribution is -0.142. The molecule has 1 fully saturated rings. The van der Waals surface area contributed by atoms with E-state index in [-0.39, 0.29) is 18.1 Å². The van der Waals surface area contributed by atoms with Gasteiger partial charge in [0.1, 0.15) is 5.75 Å². The maximum atomic E-state index is 12.8. The van der Waals surface area contributed by atoms with E-state index in [4.69, 9.17) is 4.74 Å². The molecule has 0 spiro atoms. The summed E-state index contributed by atoms with van der Waals surface area (Å²) in [6.07, 6.45) is 1.54. The molecule has 0 atom stereocenters. The number of methoxy groups -OCH3 is 1. The molecular weight excluding hydrogens is 472 g/mol. The van der Waals surface area contributed by atoms with Gasteiger partial charge in [0.25, 0.3) is 11.1 Å². The summed E-state index contributed by atoms with van der Waals surface area (Å²) in [4.78, 5) is 38.0. The Labute approximate surface area is 185 Å². The Morgan fingerprint density at radius 3 is 2.77 bits per heavy atom. The van der Waals surface area contributed by atoms with Crippen molar-refractivity contribution in [3.8, 4) is 11.8 Å². The largest absolute Gasteiger partial charge is 0.481 e. The van der Waals surface area contributed by atoms with E-state index in [1.54, 1.807) is 48.5 Å². The summed E-state index contributed by atoms with van der Waals surface area (Å²) in [5.41, 5.74) is 1.52. The molecule has 7 nitrogen and oxygen atoms in total. The van der Waals surface area contributed by atoms with E-state index in [1.165, 1.54) is 7.11 Å². The number of benzene rings is 2. The average molecular weight is 487 g/mol. The fourth-order valence-electron chi connectivity index (χ4n) is 2.67. The molecule has 0 aromatic heterocycles. The molecule has 1 saturated heterocycles. The average Bonchev–Trinajstić information content (AvgIpc) is 3.00. The number of nitriles is 1. The Morgan fingerprint density at radius 1 is 1.27 bits per heavy atom. The second-order valence-electron chi connectivity index (χ2n) is 6.08. The number of amides is 2. The van der Waals surface area contributed by atoms with Crippen molar-refractivity contribution in [2.45, 2.75) is 6.54 Å². The van der Waals surface area contributed by atoms with Crippen molar-refractivity contribution in [3.05, 3.63) is 68.5 Å². The fraction of sp³-hybridized carbons (Fsp3) is 0.143. The lowest BCUT2D eigenvalue weighted by Crippen LogP contribution is -2.27. The van der Waals surface area contributed by atoms with Crippen molar-refractivity contribution in [2.24, 2.45) is 0 Å². The number of ether oxygens (including phenoxy) is 2. The molecular formula is C21H15BrN2O5S.